The minimum atomic E-state index is -0.654. The summed E-state index contributed by atoms with van der Waals surface area (Å²) in [5, 5.41) is 8.84. The van der Waals surface area contributed by atoms with E-state index in [1.54, 1.807) is 6.07 Å². The summed E-state index contributed by atoms with van der Waals surface area (Å²) in [7, 11) is 0. The van der Waals surface area contributed by atoms with Crippen LogP contribution in [0.4, 0.5) is 15.9 Å². The number of nitriles is 1. The molecule has 1 heterocycles. The summed E-state index contributed by atoms with van der Waals surface area (Å²) >= 11 is 0. The van der Waals surface area contributed by atoms with Crippen molar-refractivity contribution >= 4 is 11.5 Å². The van der Waals surface area contributed by atoms with Crippen LogP contribution in [0.3, 0.4) is 0 Å². The zero-order valence-corrected chi connectivity index (χ0v) is 9.22. The van der Waals surface area contributed by atoms with Crippen molar-refractivity contribution in [3.63, 3.8) is 0 Å². The Hall–Kier alpha value is -2.81. The quantitative estimate of drug-likeness (QED) is 0.842. The molecule has 0 aliphatic rings. The number of nitrogen functional groups attached to an aromatic ring is 2. The van der Waals surface area contributed by atoms with E-state index in [4.69, 9.17) is 21.5 Å². The van der Waals surface area contributed by atoms with E-state index in [0.29, 0.717) is 5.69 Å². The normalized spacial score (nSPS) is 9.78. The van der Waals surface area contributed by atoms with Gasteiger partial charge in [-0.05, 0) is 18.2 Å². The molecule has 0 saturated heterocycles. The predicted octanol–water partition coefficient (Wildman–Crippen LogP) is 2.05. The van der Waals surface area contributed by atoms with Crippen molar-refractivity contribution in [1.82, 2.24) is 4.98 Å². The Kier molecular flexibility index (Phi) is 2.98. The average Bonchev–Trinajstić information content (AvgIpc) is 2.34. The van der Waals surface area contributed by atoms with Gasteiger partial charge < -0.3 is 16.2 Å². The Morgan fingerprint density at radius 2 is 2.00 bits per heavy atom. The Labute approximate surface area is 102 Å². The molecule has 0 saturated carbocycles. The lowest BCUT2D eigenvalue weighted by Gasteiger charge is -2.08. The first-order chi connectivity index (χ1) is 8.61. The number of halogens is 1. The molecule has 0 aliphatic heterocycles. The standard InChI is InChI=1S/C12H9FN4O/c13-8-2-1-3-10(7(8)6-14)18-11-5-4-9(15)12(16)17-11/h1-5H,15H2,(H2,16,17). The number of rotatable bonds is 2. The topological polar surface area (TPSA) is 97.9 Å². The first kappa shape index (κ1) is 11.7. The smallest absolute Gasteiger partial charge is 0.221 e. The van der Waals surface area contributed by atoms with E-state index in [-0.39, 0.29) is 23.0 Å². The van der Waals surface area contributed by atoms with Crippen LogP contribution in [0.2, 0.25) is 0 Å². The summed E-state index contributed by atoms with van der Waals surface area (Å²) in [5.41, 5.74) is 11.2. The van der Waals surface area contributed by atoms with Gasteiger partial charge in [-0.2, -0.15) is 10.2 Å². The van der Waals surface area contributed by atoms with Gasteiger partial charge in [0.15, 0.2) is 5.82 Å². The summed E-state index contributed by atoms with van der Waals surface area (Å²) < 4.78 is 18.6. The van der Waals surface area contributed by atoms with Gasteiger partial charge in [-0.15, -0.1) is 0 Å². The van der Waals surface area contributed by atoms with E-state index >= 15 is 0 Å². The molecule has 5 nitrogen and oxygen atoms in total. The number of aromatic nitrogens is 1. The second kappa shape index (κ2) is 4.59. The van der Waals surface area contributed by atoms with Crippen LogP contribution in [-0.2, 0) is 0 Å². The van der Waals surface area contributed by atoms with E-state index in [0.717, 1.165) is 0 Å². The zero-order valence-electron chi connectivity index (χ0n) is 9.22. The van der Waals surface area contributed by atoms with Crippen LogP contribution in [0.15, 0.2) is 30.3 Å². The van der Waals surface area contributed by atoms with Gasteiger partial charge in [-0.1, -0.05) is 6.07 Å². The van der Waals surface area contributed by atoms with E-state index in [2.05, 4.69) is 4.98 Å². The molecule has 0 unspecified atom stereocenters. The van der Waals surface area contributed by atoms with Gasteiger partial charge in [0.25, 0.3) is 0 Å². The average molecular weight is 244 g/mol. The third kappa shape index (κ3) is 2.15. The summed E-state index contributed by atoms with van der Waals surface area (Å²) in [4.78, 5) is 3.87. The fourth-order valence-corrected chi connectivity index (χ4v) is 1.33. The van der Waals surface area contributed by atoms with E-state index in [9.17, 15) is 4.39 Å². The van der Waals surface area contributed by atoms with Gasteiger partial charge in [0.2, 0.25) is 5.88 Å². The Morgan fingerprint density at radius 1 is 1.22 bits per heavy atom. The molecule has 1 aromatic carbocycles. The van der Waals surface area contributed by atoms with Gasteiger partial charge in [0.1, 0.15) is 23.2 Å². The molecule has 2 aromatic rings. The third-order valence-electron chi connectivity index (χ3n) is 2.23. The summed E-state index contributed by atoms with van der Waals surface area (Å²) in [6, 6.07) is 8.81. The molecule has 0 aliphatic carbocycles. The van der Waals surface area contributed by atoms with Gasteiger partial charge in [-0.25, -0.2) is 4.39 Å². The molecule has 90 valence electrons. The van der Waals surface area contributed by atoms with Crippen LogP contribution in [0.25, 0.3) is 0 Å². The molecule has 1 aromatic heterocycles. The molecule has 6 heteroatoms. The maximum atomic E-state index is 13.3. The SMILES string of the molecule is N#Cc1c(F)cccc1Oc1ccc(N)c(N)n1. The molecule has 18 heavy (non-hydrogen) atoms. The van der Waals surface area contributed by atoms with Crippen molar-refractivity contribution in [2.45, 2.75) is 0 Å². The number of hydrogen-bond acceptors (Lipinski definition) is 5. The number of anilines is 2. The fraction of sp³-hybridized carbons (Fsp3) is 0. The summed E-state index contributed by atoms with van der Waals surface area (Å²) in [5.74, 6) is -0.321. The second-order valence-corrected chi connectivity index (χ2v) is 3.45. The molecule has 0 bridgehead atoms. The van der Waals surface area contributed by atoms with Crippen molar-refractivity contribution < 1.29 is 9.13 Å². The van der Waals surface area contributed by atoms with E-state index in [1.165, 1.54) is 30.3 Å². The largest absolute Gasteiger partial charge is 0.437 e. The number of ether oxygens (including phenoxy) is 1. The Balaban J connectivity index is 2.37. The molecular weight excluding hydrogens is 235 g/mol. The van der Waals surface area contributed by atoms with Gasteiger partial charge in [0.05, 0.1) is 5.69 Å². The fourth-order valence-electron chi connectivity index (χ4n) is 1.33. The maximum Gasteiger partial charge on any atom is 0.221 e. The van der Waals surface area contributed by atoms with Crippen LogP contribution >= 0.6 is 0 Å². The molecule has 0 atom stereocenters. The van der Waals surface area contributed by atoms with Crippen LogP contribution in [0.1, 0.15) is 5.56 Å². The van der Waals surface area contributed by atoms with E-state index < -0.39 is 5.82 Å². The lowest BCUT2D eigenvalue weighted by Crippen LogP contribution is -1.99. The van der Waals surface area contributed by atoms with E-state index in [1.807, 2.05) is 0 Å². The molecular formula is C12H9FN4O. The van der Waals surface area contributed by atoms with Crippen LogP contribution in [0, 0.1) is 17.1 Å². The molecule has 2 rings (SSSR count). The number of pyridine rings is 1. The van der Waals surface area contributed by atoms with Crippen molar-refractivity contribution in [1.29, 1.82) is 5.26 Å². The van der Waals surface area contributed by atoms with Crippen LogP contribution < -0.4 is 16.2 Å². The summed E-state index contributed by atoms with van der Waals surface area (Å²) in [6.45, 7) is 0. The molecule has 4 N–H and O–H groups in total. The van der Waals surface area contributed by atoms with Crippen LogP contribution in [0.5, 0.6) is 11.6 Å². The second-order valence-electron chi connectivity index (χ2n) is 3.45. The van der Waals surface area contributed by atoms with Crippen LogP contribution in [-0.4, -0.2) is 4.98 Å². The molecule has 0 fully saturated rings. The highest BCUT2D eigenvalue weighted by molar-refractivity contribution is 5.59. The number of nitrogens with zero attached hydrogens (tertiary/aromatic N) is 2. The number of benzene rings is 1. The van der Waals surface area contributed by atoms with Gasteiger partial charge >= 0.3 is 0 Å². The summed E-state index contributed by atoms with van der Waals surface area (Å²) in [6.07, 6.45) is 0. The Morgan fingerprint density at radius 3 is 2.67 bits per heavy atom. The first-order valence-corrected chi connectivity index (χ1v) is 5.00. The lowest BCUT2D eigenvalue weighted by molar-refractivity contribution is 0.457. The minimum Gasteiger partial charge on any atom is -0.437 e. The predicted molar refractivity (Wildman–Crippen MR) is 64.3 cm³/mol. The number of hydrogen-bond donors (Lipinski definition) is 2. The first-order valence-electron chi connectivity index (χ1n) is 5.00. The highest BCUT2D eigenvalue weighted by Crippen LogP contribution is 2.27. The third-order valence-corrected chi connectivity index (χ3v) is 2.23. The molecule has 0 spiro atoms. The molecule has 0 amide bonds. The van der Waals surface area contributed by atoms with Gasteiger partial charge in [0, 0.05) is 6.07 Å². The van der Waals surface area contributed by atoms with Crippen molar-refractivity contribution in [2.24, 2.45) is 0 Å². The highest BCUT2D eigenvalue weighted by Gasteiger charge is 2.10. The van der Waals surface area contributed by atoms with Crippen molar-refractivity contribution in [3.8, 4) is 17.7 Å². The number of nitrogens with two attached hydrogens (primary N) is 2. The van der Waals surface area contributed by atoms with Crippen molar-refractivity contribution in [3.05, 3.63) is 41.7 Å². The monoisotopic (exact) mass is 244 g/mol. The van der Waals surface area contributed by atoms with Crippen molar-refractivity contribution in [2.75, 3.05) is 11.5 Å². The molecule has 0 radical (unpaired) electrons. The Bertz CT molecular complexity index is 636. The van der Waals surface area contributed by atoms with Gasteiger partial charge in [-0.3, -0.25) is 0 Å². The zero-order chi connectivity index (χ0) is 13.1. The highest BCUT2D eigenvalue weighted by atomic mass is 19.1. The minimum absolute atomic E-state index is 0.0779. The maximum absolute atomic E-state index is 13.3. The lowest BCUT2D eigenvalue weighted by atomic mass is 10.2.